The quantitative estimate of drug-likeness (QED) is 0.798. The van der Waals surface area contributed by atoms with Gasteiger partial charge in [0, 0.05) is 19.2 Å². The molecular formula is C14H24N2O. The minimum absolute atomic E-state index is 0.212. The molecule has 4 unspecified atom stereocenters. The Balaban J connectivity index is 2.00. The van der Waals surface area contributed by atoms with E-state index in [9.17, 15) is 10.4 Å². The summed E-state index contributed by atoms with van der Waals surface area (Å²) >= 11 is 0. The third kappa shape index (κ3) is 3.00. The molecule has 2 aliphatic rings. The van der Waals surface area contributed by atoms with Gasteiger partial charge in [0.25, 0.3) is 0 Å². The molecule has 0 aromatic rings. The van der Waals surface area contributed by atoms with Crippen LogP contribution in [-0.4, -0.2) is 35.7 Å². The number of aliphatic hydroxyl groups is 1. The van der Waals surface area contributed by atoms with Crippen LogP contribution in [0.3, 0.4) is 0 Å². The Bertz CT molecular complexity index is 286. The molecule has 1 saturated carbocycles. The fourth-order valence-corrected chi connectivity index (χ4v) is 3.45. The van der Waals surface area contributed by atoms with Crippen LogP contribution in [0.4, 0.5) is 0 Å². The van der Waals surface area contributed by atoms with E-state index in [4.69, 9.17) is 0 Å². The first kappa shape index (κ1) is 12.9. The molecule has 0 radical (unpaired) electrons. The second-order valence-corrected chi connectivity index (χ2v) is 5.91. The van der Waals surface area contributed by atoms with Crippen molar-refractivity contribution in [2.45, 2.75) is 45.1 Å². The molecule has 0 aromatic heterocycles. The van der Waals surface area contributed by atoms with E-state index in [0.717, 1.165) is 38.3 Å². The van der Waals surface area contributed by atoms with Gasteiger partial charge in [0.05, 0.1) is 12.0 Å². The summed E-state index contributed by atoms with van der Waals surface area (Å²) in [5.74, 6) is 1.39. The van der Waals surface area contributed by atoms with Crippen LogP contribution in [-0.2, 0) is 0 Å². The van der Waals surface area contributed by atoms with Crippen LogP contribution in [0.5, 0.6) is 0 Å². The van der Waals surface area contributed by atoms with Gasteiger partial charge >= 0.3 is 0 Å². The van der Waals surface area contributed by atoms with Crippen molar-refractivity contribution >= 4 is 0 Å². The van der Waals surface area contributed by atoms with E-state index in [1.165, 1.54) is 12.8 Å². The maximum absolute atomic E-state index is 9.29. The Morgan fingerprint density at radius 2 is 2.18 bits per heavy atom. The second-order valence-electron chi connectivity index (χ2n) is 5.91. The molecular weight excluding hydrogens is 212 g/mol. The van der Waals surface area contributed by atoms with E-state index in [1.807, 2.05) is 0 Å². The predicted octanol–water partition coefficient (Wildman–Crippen LogP) is 2.02. The molecule has 0 amide bonds. The van der Waals surface area contributed by atoms with Crippen molar-refractivity contribution in [3.05, 3.63) is 0 Å². The number of hydrogen-bond acceptors (Lipinski definition) is 3. The lowest BCUT2D eigenvalue weighted by Crippen LogP contribution is -2.48. The highest BCUT2D eigenvalue weighted by Crippen LogP contribution is 2.33. The average molecular weight is 236 g/mol. The van der Waals surface area contributed by atoms with Gasteiger partial charge in [0.15, 0.2) is 0 Å². The van der Waals surface area contributed by atoms with Crippen LogP contribution in [0.1, 0.15) is 39.0 Å². The van der Waals surface area contributed by atoms with Gasteiger partial charge in [0.1, 0.15) is 0 Å². The summed E-state index contributed by atoms with van der Waals surface area (Å²) in [5.41, 5.74) is 0. The van der Waals surface area contributed by atoms with Crippen molar-refractivity contribution in [2.75, 3.05) is 19.7 Å². The van der Waals surface area contributed by atoms with Gasteiger partial charge in [-0.3, -0.25) is 4.90 Å². The number of hydrogen-bond donors (Lipinski definition) is 1. The van der Waals surface area contributed by atoms with Crippen LogP contribution >= 0.6 is 0 Å². The summed E-state index contributed by atoms with van der Waals surface area (Å²) in [6, 6.07) is 2.94. The standard InChI is InChI=1S/C14H24N2O/c1-11-4-5-13(8-15)14(7-11)16-6-2-3-12(9-16)10-17/h11-14,17H,2-7,9-10H2,1H3. The Labute approximate surface area is 104 Å². The first-order valence-electron chi connectivity index (χ1n) is 6.99. The highest BCUT2D eigenvalue weighted by atomic mass is 16.3. The van der Waals surface area contributed by atoms with Crippen molar-refractivity contribution in [1.82, 2.24) is 4.90 Å². The summed E-state index contributed by atoms with van der Waals surface area (Å²) in [7, 11) is 0. The zero-order chi connectivity index (χ0) is 12.3. The summed E-state index contributed by atoms with van der Waals surface area (Å²) in [6.07, 6.45) is 5.74. The van der Waals surface area contributed by atoms with Crippen LogP contribution in [0.25, 0.3) is 0 Å². The summed E-state index contributed by atoms with van der Waals surface area (Å²) in [6.45, 7) is 4.71. The van der Waals surface area contributed by atoms with Gasteiger partial charge in [-0.25, -0.2) is 0 Å². The molecule has 0 bridgehead atoms. The van der Waals surface area contributed by atoms with Crippen molar-refractivity contribution in [3.63, 3.8) is 0 Å². The molecule has 17 heavy (non-hydrogen) atoms. The molecule has 2 fully saturated rings. The molecule has 3 heteroatoms. The molecule has 1 N–H and O–H groups in total. The first-order chi connectivity index (χ1) is 8.24. The molecule has 2 rings (SSSR count). The molecule has 0 spiro atoms. The minimum atomic E-state index is 0.212. The lowest BCUT2D eigenvalue weighted by atomic mass is 9.78. The van der Waals surface area contributed by atoms with Crippen molar-refractivity contribution in [1.29, 1.82) is 5.26 Å². The Morgan fingerprint density at radius 3 is 2.88 bits per heavy atom. The van der Waals surface area contributed by atoms with Crippen molar-refractivity contribution in [2.24, 2.45) is 17.8 Å². The second kappa shape index (κ2) is 5.84. The minimum Gasteiger partial charge on any atom is -0.396 e. The lowest BCUT2D eigenvalue weighted by Gasteiger charge is -2.43. The number of rotatable bonds is 2. The highest BCUT2D eigenvalue weighted by molar-refractivity contribution is 4.98. The predicted molar refractivity (Wildman–Crippen MR) is 67.3 cm³/mol. The largest absolute Gasteiger partial charge is 0.396 e. The molecule has 3 nitrogen and oxygen atoms in total. The summed E-state index contributed by atoms with van der Waals surface area (Å²) in [4.78, 5) is 2.48. The fraction of sp³-hybridized carbons (Fsp3) is 0.929. The van der Waals surface area contributed by atoms with E-state index >= 15 is 0 Å². The monoisotopic (exact) mass is 236 g/mol. The zero-order valence-electron chi connectivity index (χ0n) is 10.8. The number of nitriles is 1. The normalized spacial score (nSPS) is 39.8. The molecule has 1 saturated heterocycles. The topological polar surface area (TPSA) is 47.3 Å². The zero-order valence-corrected chi connectivity index (χ0v) is 10.8. The van der Waals surface area contributed by atoms with Gasteiger partial charge in [-0.05, 0) is 50.5 Å². The third-order valence-electron chi connectivity index (χ3n) is 4.52. The third-order valence-corrected chi connectivity index (χ3v) is 4.52. The lowest BCUT2D eigenvalue weighted by molar-refractivity contribution is 0.0466. The van der Waals surface area contributed by atoms with E-state index in [1.54, 1.807) is 0 Å². The molecule has 0 aromatic carbocycles. The number of nitrogens with zero attached hydrogens (tertiary/aromatic N) is 2. The maximum atomic E-state index is 9.29. The molecule has 96 valence electrons. The number of piperidine rings is 1. The summed E-state index contributed by atoms with van der Waals surface area (Å²) in [5, 5.41) is 18.6. The molecule has 4 atom stereocenters. The Hall–Kier alpha value is -0.590. The van der Waals surface area contributed by atoms with Gasteiger partial charge < -0.3 is 5.11 Å². The molecule has 1 heterocycles. The van der Waals surface area contributed by atoms with E-state index < -0.39 is 0 Å². The van der Waals surface area contributed by atoms with Gasteiger partial charge in [-0.15, -0.1) is 0 Å². The summed E-state index contributed by atoms with van der Waals surface area (Å²) < 4.78 is 0. The van der Waals surface area contributed by atoms with Crippen LogP contribution in [0.2, 0.25) is 0 Å². The van der Waals surface area contributed by atoms with Crippen molar-refractivity contribution < 1.29 is 5.11 Å². The Morgan fingerprint density at radius 1 is 1.35 bits per heavy atom. The molecule has 1 aliphatic carbocycles. The first-order valence-corrected chi connectivity index (χ1v) is 6.99. The van der Waals surface area contributed by atoms with Crippen LogP contribution in [0, 0.1) is 29.1 Å². The Kier molecular flexibility index (Phi) is 4.42. The van der Waals surface area contributed by atoms with Crippen LogP contribution in [0.15, 0.2) is 0 Å². The van der Waals surface area contributed by atoms with Gasteiger partial charge in [0.2, 0.25) is 0 Å². The maximum Gasteiger partial charge on any atom is 0.0672 e. The van der Waals surface area contributed by atoms with Crippen LogP contribution < -0.4 is 0 Å². The number of aliphatic hydroxyl groups excluding tert-OH is 1. The number of likely N-dealkylation sites (tertiary alicyclic amines) is 1. The average Bonchev–Trinajstić information content (AvgIpc) is 2.39. The van der Waals surface area contributed by atoms with Gasteiger partial charge in [-0.1, -0.05) is 6.92 Å². The highest BCUT2D eigenvalue weighted by Gasteiger charge is 2.35. The van der Waals surface area contributed by atoms with Gasteiger partial charge in [-0.2, -0.15) is 5.26 Å². The fourth-order valence-electron chi connectivity index (χ4n) is 3.45. The van der Waals surface area contributed by atoms with E-state index in [0.29, 0.717) is 18.6 Å². The smallest absolute Gasteiger partial charge is 0.0672 e. The van der Waals surface area contributed by atoms with Crippen molar-refractivity contribution in [3.8, 4) is 6.07 Å². The van der Waals surface area contributed by atoms with E-state index in [-0.39, 0.29) is 5.92 Å². The molecule has 1 aliphatic heterocycles. The SMILES string of the molecule is CC1CCC(C#N)C(N2CCCC(CO)C2)C1. The van der Waals surface area contributed by atoms with E-state index in [2.05, 4.69) is 17.9 Å².